The van der Waals surface area contributed by atoms with Crippen molar-refractivity contribution < 1.29 is 4.79 Å². The van der Waals surface area contributed by atoms with Crippen molar-refractivity contribution in [2.45, 2.75) is 57.7 Å². The third-order valence-electron chi connectivity index (χ3n) is 5.98. The van der Waals surface area contributed by atoms with Crippen LogP contribution in [0.15, 0.2) is 35.5 Å². The molecule has 0 radical (unpaired) electrons. The zero-order valence-corrected chi connectivity index (χ0v) is 20.2. The van der Waals surface area contributed by atoms with Gasteiger partial charge in [-0.1, -0.05) is 62.9 Å². The van der Waals surface area contributed by atoms with Crippen LogP contribution < -0.4 is 5.32 Å². The maximum atomic E-state index is 12.5. The number of aryl methyl sites for hydroxylation is 1. The lowest BCUT2D eigenvalue weighted by Crippen LogP contribution is -2.24. The van der Waals surface area contributed by atoms with Crippen molar-refractivity contribution >= 4 is 44.9 Å². The van der Waals surface area contributed by atoms with Crippen LogP contribution in [0.2, 0.25) is 0 Å². The number of carbonyl (C=O) groups excluding carboxylic acids is 1. The van der Waals surface area contributed by atoms with Crippen LogP contribution in [0.3, 0.4) is 0 Å². The second-order valence-electron chi connectivity index (χ2n) is 8.85. The summed E-state index contributed by atoms with van der Waals surface area (Å²) in [5.41, 5.74) is 3.38. The molecular weight excluding hydrogens is 438 g/mol. The largest absolute Gasteiger partial charge is 0.351 e. The summed E-state index contributed by atoms with van der Waals surface area (Å²) in [6, 6.07) is 9.94. The molecule has 3 aromatic heterocycles. The summed E-state index contributed by atoms with van der Waals surface area (Å²) in [5.74, 6) is 2.17. The van der Waals surface area contributed by atoms with E-state index in [4.69, 9.17) is 4.98 Å². The van der Waals surface area contributed by atoms with Crippen molar-refractivity contribution in [3.05, 3.63) is 52.2 Å². The Bertz CT molecular complexity index is 1280. The number of aromatic nitrogens is 4. The maximum Gasteiger partial charge on any atom is 0.230 e. The molecule has 1 amide bonds. The third-order valence-corrected chi connectivity index (χ3v) is 8.05. The van der Waals surface area contributed by atoms with Crippen molar-refractivity contribution in [3.8, 4) is 0 Å². The van der Waals surface area contributed by atoms with E-state index in [1.54, 1.807) is 0 Å². The molecule has 0 aliphatic heterocycles. The number of nitrogens with zero attached hydrogens (tertiary/aromatic N) is 4. The summed E-state index contributed by atoms with van der Waals surface area (Å²) in [7, 11) is 0. The van der Waals surface area contributed by atoms with Gasteiger partial charge in [-0.25, -0.2) is 4.98 Å². The highest BCUT2D eigenvalue weighted by Crippen LogP contribution is 2.40. The molecule has 166 valence electrons. The van der Waals surface area contributed by atoms with Crippen LogP contribution in [-0.4, -0.2) is 31.2 Å². The number of thioether (sulfide) groups is 1. The molecule has 4 aromatic rings. The lowest BCUT2D eigenvalue weighted by atomic mass is 9.89. The highest BCUT2D eigenvalue weighted by molar-refractivity contribution is 7.99. The molecule has 0 fully saturated rings. The van der Waals surface area contributed by atoms with Gasteiger partial charge in [-0.3, -0.25) is 9.20 Å². The number of hydrogen-bond acceptors (Lipinski definition) is 6. The average molecular weight is 466 g/mol. The number of amides is 1. The number of fused-ring (bicyclic) bond motifs is 5. The Morgan fingerprint density at radius 3 is 2.88 bits per heavy atom. The summed E-state index contributed by atoms with van der Waals surface area (Å²) in [6.07, 6.45) is 3.40. The van der Waals surface area contributed by atoms with Crippen LogP contribution in [0.5, 0.6) is 0 Å². The molecule has 0 bridgehead atoms. The van der Waals surface area contributed by atoms with Gasteiger partial charge in [-0.15, -0.1) is 21.5 Å². The van der Waals surface area contributed by atoms with Crippen molar-refractivity contribution in [3.63, 3.8) is 0 Å². The maximum absolute atomic E-state index is 12.5. The van der Waals surface area contributed by atoms with Crippen molar-refractivity contribution in [1.29, 1.82) is 0 Å². The first-order valence-electron chi connectivity index (χ1n) is 11.1. The van der Waals surface area contributed by atoms with E-state index in [2.05, 4.69) is 40.7 Å². The molecule has 6 nitrogen and oxygen atoms in total. The third kappa shape index (κ3) is 4.01. The van der Waals surface area contributed by atoms with E-state index >= 15 is 0 Å². The van der Waals surface area contributed by atoms with Crippen LogP contribution >= 0.6 is 23.1 Å². The van der Waals surface area contributed by atoms with Gasteiger partial charge in [0.2, 0.25) is 5.91 Å². The number of nitrogens with one attached hydrogen (secondary N) is 1. The van der Waals surface area contributed by atoms with Gasteiger partial charge < -0.3 is 5.32 Å². The molecular formula is C24H27N5OS2. The Kier molecular flexibility index (Phi) is 5.90. The molecule has 8 heteroatoms. The normalized spacial score (nSPS) is 16.1. The zero-order valence-electron chi connectivity index (χ0n) is 18.6. The standard InChI is InChI=1S/C24H27N5OS2/c1-14(2)21-26-23-20(17-10-9-15(3)11-18(17)32-23)22-27-28-24(29(21)22)31-13-19(30)25-12-16-7-5-4-6-8-16/h4-8,14-15H,9-13H2,1-3H3,(H,25,30). The Morgan fingerprint density at radius 2 is 2.09 bits per heavy atom. The predicted octanol–water partition coefficient (Wildman–Crippen LogP) is 5.00. The molecule has 0 saturated heterocycles. The van der Waals surface area contributed by atoms with E-state index < -0.39 is 0 Å². The number of carbonyl (C=O) groups is 1. The first-order chi connectivity index (χ1) is 15.5. The van der Waals surface area contributed by atoms with E-state index in [9.17, 15) is 4.79 Å². The smallest absolute Gasteiger partial charge is 0.230 e. The van der Waals surface area contributed by atoms with Crippen LogP contribution in [0.25, 0.3) is 15.9 Å². The second kappa shape index (κ2) is 8.83. The second-order valence-corrected chi connectivity index (χ2v) is 10.9. The molecule has 0 spiro atoms. The summed E-state index contributed by atoms with van der Waals surface area (Å²) in [5, 5.41) is 14.0. The van der Waals surface area contributed by atoms with Gasteiger partial charge in [0.1, 0.15) is 10.7 Å². The topological polar surface area (TPSA) is 72.2 Å². The minimum Gasteiger partial charge on any atom is -0.351 e. The molecule has 0 saturated carbocycles. The van der Waals surface area contributed by atoms with Crippen molar-refractivity contribution in [1.82, 2.24) is 24.9 Å². The summed E-state index contributed by atoms with van der Waals surface area (Å²) < 4.78 is 2.08. The molecule has 1 aromatic carbocycles. The quantitative estimate of drug-likeness (QED) is 0.406. The van der Waals surface area contributed by atoms with Crippen molar-refractivity contribution in [2.75, 3.05) is 5.75 Å². The highest BCUT2D eigenvalue weighted by Gasteiger charge is 2.26. The van der Waals surface area contributed by atoms with E-state index in [1.165, 1.54) is 28.6 Å². The Balaban J connectivity index is 1.43. The fraction of sp³-hybridized carbons (Fsp3) is 0.417. The average Bonchev–Trinajstić information content (AvgIpc) is 3.36. The van der Waals surface area contributed by atoms with E-state index in [1.807, 2.05) is 41.7 Å². The fourth-order valence-corrected chi connectivity index (χ4v) is 6.45. The molecule has 1 atom stereocenters. The summed E-state index contributed by atoms with van der Waals surface area (Å²) >= 11 is 3.24. The van der Waals surface area contributed by atoms with Crippen LogP contribution in [0.4, 0.5) is 0 Å². The van der Waals surface area contributed by atoms with Crippen LogP contribution in [-0.2, 0) is 24.2 Å². The molecule has 1 aliphatic carbocycles. The molecule has 1 unspecified atom stereocenters. The molecule has 5 rings (SSSR count). The van der Waals surface area contributed by atoms with E-state index in [0.717, 1.165) is 51.2 Å². The molecule has 3 heterocycles. The predicted molar refractivity (Wildman–Crippen MR) is 130 cm³/mol. The number of rotatable bonds is 6. The van der Waals surface area contributed by atoms with Gasteiger partial charge in [0, 0.05) is 17.3 Å². The van der Waals surface area contributed by atoms with E-state index in [-0.39, 0.29) is 11.8 Å². The van der Waals surface area contributed by atoms with Crippen LogP contribution in [0, 0.1) is 5.92 Å². The SMILES string of the molecule is CC1CCc2c(sc3nc(C(C)C)n4c(SCC(=O)NCc5ccccc5)nnc4c23)C1. The molecule has 1 aliphatic rings. The Morgan fingerprint density at radius 1 is 1.28 bits per heavy atom. The highest BCUT2D eigenvalue weighted by atomic mass is 32.2. The first kappa shape index (κ1) is 21.4. The number of thiophene rings is 1. The van der Waals surface area contributed by atoms with Gasteiger partial charge >= 0.3 is 0 Å². The van der Waals surface area contributed by atoms with Crippen LogP contribution in [0.1, 0.15) is 54.9 Å². The minimum atomic E-state index is -0.0161. The van der Waals surface area contributed by atoms with E-state index in [0.29, 0.717) is 12.3 Å². The monoisotopic (exact) mass is 465 g/mol. The van der Waals surface area contributed by atoms with Gasteiger partial charge in [0.05, 0.1) is 11.1 Å². The number of hydrogen-bond donors (Lipinski definition) is 1. The lowest BCUT2D eigenvalue weighted by molar-refractivity contribution is -0.118. The summed E-state index contributed by atoms with van der Waals surface area (Å²) in [4.78, 5) is 20.0. The van der Waals surface area contributed by atoms with Gasteiger partial charge in [0.15, 0.2) is 10.8 Å². The number of benzene rings is 1. The lowest BCUT2D eigenvalue weighted by Gasteiger charge is -2.17. The Labute approximate surface area is 195 Å². The zero-order chi connectivity index (χ0) is 22.2. The summed E-state index contributed by atoms with van der Waals surface area (Å²) in [6.45, 7) is 7.14. The first-order valence-corrected chi connectivity index (χ1v) is 12.9. The fourth-order valence-electron chi connectivity index (χ4n) is 4.30. The minimum absolute atomic E-state index is 0.0161. The van der Waals surface area contributed by atoms with Gasteiger partial charge in [-0.05, 0) is 36.3 Å². The Hall–Kier alpha value is -2.45. The molecule has 32 heavy (non-hydrogen) atoms. The van der Waals surface area contributed by atoms with Gasteiger partial charge in [-0.2, -0.15) is 0 Å². The van der Waals surface area contributed by atoms with Gasteiger partial charge in [0.25, 0.3) is 0 Å². The molecule has 1 N–H and O–H groups in total. The van der Waals surface area contributed by atoms with Crippen molar-refractivity contribution in [2.24, 2.45) is 5.92 Å².